The van der Waals surface area contributed by atoms with Crippen LogP contribution in [-0.4, -0.2) is 17.3 Å². The van der Waals surface area contributed by atoms with E-state index in [-0.39, 0.29) is 23.1 Å². The maximum absolute atomic E-state index is 13.4. The first-order valence-electron chi connectivity index (χ1n) is 9.18. The Bertz CT molecular complexity index is 1040. The Balaban J connectivity index is 1.89. The number of hydrogen-bond donors (Lipinski definition) is 1. The van der Waals surface area contributed by atoms with Crippen LogP contribution in [0.25, 0.3) is 0 Å². The van der Waals surface area contributed by atoms with E-state index in [4.69, 9.17) is 15.2 Å². The molecular weight excluding hydrogens is 361 g/mol. The summed E-state index contributed by atoms with van der Waals surface area (Å²) in [5.41, 5.74) is 7.52. The minimum atomic E-state index is -0.710. The van der Waals surface area contributed by atoms with Crippen molar-refractivity contribution in [3.63, 3.8) is 0 Å². The van der Waals surface area contributed by atoms with Crippen molar-refractivity contribution < 1.29 is 13.9 Å². The number of benzene rings is 1. The molecule has 2 atom stereocenters. The first kappa shape index (κ1) is 18.3. The summed E-state index contributed by atoms with van der Waals surface area (Å²) in [7, 11) is 0. The van der Waals surface area contributed by atoms with Crippen LogP contribution in [0.3, 0.4) is 0 Å². The van der Waals surface area contributed by atoms with Gasteiger partial charge in [-0.15, -0.1) is 0 Å². The average Bonchev–Trinajstić information content (AvgIpc) is 3.18. The molecule has 0 amide bonds. The molecule has 0 bridgehead atoms. The Morgan fingerprint density at radius 3 is 2.75 bits per heavy atom. The molecule has 0 saturated carbocycles. The van der Waals surface area contributed by atoms with Gasteiger partial charge in [0.05, 0.1) is 24.1 Å². The van der Waals surface area contributed by atoms with Gasteiger partial charge in [0, 0.05) is 18.4 Å². The van der Waals surface area contributed by atoms with E-state index in [1.54, 1.807) is 22.8 Å². The quantitative estimate of drug-likeness (QED) is 0.883. The number of rotatable bonds is 3. The van der Waals surface area contributed by atoms with Crippen LogP contribution in [0.2, 0.25) is 0 Å². The number of nitrogens with zero attached hydrogens (tertiary/aromatic N) is 2. The van der Waals surface area contributed by atoms with Crippen LogP contribution >= 0.6 is 0 Å². The van der Waals surface area contributed by atoms with Crippen molar-refractivity contribution in [1.82, 2.24) is 4.57 Å². The van der Waals surface area contributed by atoms with Gasteiger partial charge in [-0.25, -0.2) is 4.39 Å². The molecule has 144 valence electrons. The van der Waals surface area contributed by atoms with Crippen molar-refractivity contribution in [1.29, 1.82) is 5.26 Å². The summed E-state index contributed by atoms with van der Waals surface area (Å²) in [6.07, 6.45) is 1.86. The molecule has 0 radical (unpaired) electrons. The second-order valence-electron chi connectivity index (χ2n) is 7.09. The Hall–Kier alpha value is -3.11. The SMILES string of the molecule is Cc1cc2c(c(=O)n1C[C@H]1CCCO1)[C@@H](c1ccc(F)cc1)C(C#N)=C(N)O2. The molecule has 0 unspecified atom stereocenters. The highest BCUT2D eigenvalue weighted by atomic mass is 19.1. The lowest BCUT2D eigenvalue weighted by Crippen LogP contribution is -2.35. The highest BCUT2D eigenvalue weighted by Gasteiger charge is 2.34. The van der Waals surface area contributed by atoms with Crippen LogP contribution in [0.4, 0.5) is 4.39 Å². The van der Waals surface area contributed by atoms with E-state index >= 15 is 0 Å². The smallest absolute Gasteiger partial charge is 0.258 e. The number of pyridine rings is 1. The highest BCUT2D eigenvalue weighted by molar-refractivity contribution is 5.55. The van der Waals surface area contributed by atoms with E-state index in [0.29, 0.717) is 30.0 Å². The molecule has 1 fully saturated rings. The van der Waals surface area contributed by atoms with Crippen molar-refractivity contribution in [3.05, 3.63) is 74.8 Å². The van der Waals surface area contributed by atoms with E-state index in [1.807, 2.05) is 6.92 Å². The lowest BCUT2D eigenvalue weighted by atomic mass is 9.84. The summed E-state index contributed by atoms with van der Waals surface area (Å²) in [6.45, 7) is 2.96. The predicted octanol–water partition coefficient (Wildman–Crippen LogP) is 2.69. The second kappa shape index (κ2) is 7.13. The summed E-state index contributed by atoms with van der Waals surface area (Å²) in [6, 6.07) is 9.53. The maximum Gasteiger partial charge on any atom is 0.258 e. The molecule has 3 heterocycles. The number of ether oxygens (including phenoxy) is 2. The zero-order chi connectivity index (χ0) is 19.8. The number of hydrogen-bond acceptors (Lipinski definition) is 5. The molecule has 2 aliphatic heterocycles. The molecule has 7 heteroatoms. The summed E-state index contributed by atoms with van der Waals surface area (Å²) >= 11 is 0. The second-order valence-corrected chi connectivity index (χ2v) is 7.09. The van der Waals surface area contributed by atoms with Crippen molar-refractivity contribution in [3.8, 4) is 11.8 Å². The normalized spacial score (nSPS) is 21.2. The molecule has 2 aliphatic rings. The molecule has 6 nitrogen and oxygen atoms in total. The predicted molar refractivity (Wildman–Crippen MR) is 100 cm³/mol. The molecule has 28 heavy (non-hydrogen) atoms. The largest absolute Gasteiger partial charge is 0.440 e. The minimum absolute atomic E-state index is 0.0146. The summed E-state index contributed by atoms with van der Waals surface area (Å²) in [4.78, 5) is 13.4. The van der Waals surface area contributed by atoms with Gasteiger partial charge >= 0.3 is 0 Å². The van der Waals surface area contributed by atoms with Crippen LogP contribution in [0.1, 0.15) is 35.6 Å². The Labute approximate surface area is 161 Å². The van der Waals surface area contributed by atoms with Crippen LogP contribution < -0.4 is 16.0 Å². The fourth-order valence-corrected chi connectivity index (χ4v) is 3.89. The molecule has 2 aromatic rings. The Kier molecular flexibility index (Phi) is 4.65. The number of aromatic nitrogens is 1. The fourth-order valence-electron chi connectivity index (χ4n) is 3.89. The van der Waals surface area contributed by atoms with E-state index in [1.165, 1.54) is 12.1 Å². The highest BCUT2D eigenvalue weighted by Crippen LogP contribution is 2.40. The third kappa shape index (κ3) is 3.06. The summed E-state index contributed by atoms with van der Waals surface area (Å²) in [5.74, 6) is -0.818. The zero-order valence-corrected chi connectivity index (χ0v) is 15.4. The molecule has 0 aliphatic carbocycles. The van der Waals surface area contributed by atoms with Gasteiger partial charge in [0.1, 0.15) is 23.2 Å². The average molecular weight is 381 g/mol. The van der Waals surface area contributed by atoms with Crippen molar-refractivity contribution in [2.45, 2.75) is 38.3 Å². The molecular formula is C21H20FN3O3. The van der Waals surface area contributed by atoms with Gasteiger partial charge in [0.2, 0.25) is 5.88 Å². The van der Waals surface area contributed by atoms with Crippen molar-refractivity contribution >= 4 is 0 Å². The van der Waals surface area contributed by atoms with Gasteiger partial charge < -0.3 is 19.8 Å². The van der Waals surface area contributed by atoms with Crippen LogP contribution in [-0.2, 0) is 11.3 Å². The number of aryl methyl sites for hydroxylation is 1. The molecule has 0 spiro atoms. The third-order valence-corrected chi connectivity index (χ3v) is 5.30. The standard InChI is InChI=1S/C21H20FN3O3/c1-12-9-17-19(21(26)25(12)11-15-3-2-8-27-15)18(16(10-23)20(24)28-17)13-4-6-14(22)7-5-13/h4-7,9,15,18H,2-3,8,11,24H2,1H3/t15-,18+/m1/s1. The van der Waals surface area contributed by atoms with Crippen LogP contribution in [0.15, 0.2) is 46.6 Å². The van der Waals surface area contributed by atoms with E-state index in [2.05, 4.69) is 6.07 Å². The van der Waals surface area contributed by atoms with Gasteiger partial charge in [0.25, 0.3) is 5.56 Å². The zero-order valence-electron chi connectivity index (χ0n) is 15.4. The molecule has 1 aromatic heterocycles. The van der Waals surface area contributed by atoms with Crippen LogP contribution in [0, 0.1) is 24.1 Å². The summed E-state index contributed by atoms with van der Waals surface area (Å²) < 4.78 is 26.4. The van der Waals surface area contributed by atoms with Crippen LogP contribution in [0.5, 0.6) is 5.75 Å². The Morgan fingerprint density at radius 2 is 2.11 bits per heavy atom. The molecule has 1 aromatic carbocycles. The maximum atomic E-state index is 13.4. The summed E-state index contributed by atoms with van der Waals surface area (Å²) in [5, 5.41) is 9.65. The first-order chi connectivity index (χ1) is 13.5. The topological polar surface area (TPSA) is 90.3 Å². The number of nitriles is 1. The van der Waals surface area contributed by atoms with Gasteiger partial charge in [-0.05, 0) is 37.5 Å². The third-order valence-electron chi connectivity index (χ3n) is 5.30. The monoisotopic (exact) mass is 381 g/mol. The molecule has 2 N–H and O–H groups in total. The molecule has 1 saturated heterocycles. The van der Waals surface area contributed by atoms with E-state index in [0.717, 1.165) is 18.5 Å². The fraction of sp³-hybridized carbons (Fsp3) is 0.333. The van der Waals surface area contributed by atoms with Gasteiger partial charge in [-0.1, -0.05) is 12.1 Å². The first-order valence-corrected chi connectivity index (χ1v) is 9.18. The number of allylic oxidation sites excluding steroid dienone is 1. The molecule has 4 rings (SSSR count). The number of fused-ring (bicyclic) bond motifs is 1. The lowest BCUT2D eigenvalue weighted by Gasteiger charge is -2.27. The van der Waals surface area contributed by atoms with Gasteiger partial charge in [-0.2, -0.15) is 5.26 Å². The van der Waals surface area contributed by atoms with E-state index < -0.39 is 11.7 Å². The number of halogens is 1. The minimum Gasteiger partial charge on any atom is -0.440 e. The number of nitrogens with two attached hydrogens (primary N) is 1. The van der Waals surface area contributed by atoms with Crippen molar-refractivity contribution in [2.24, 2.45) is 5.73 Å². The van der Waals surface area contributed by atoms with Crippen molar-refractivity contribution in [2.75, 3.05) is 6.61 Å². The van der Waals surface area contributed by atoms with Gasteiger partial charge in [0.15, 0.2) is 0 Å². The van der Waals surface area contributed by atoms with E-state index in [9.17, 15) is 14.4 Å². The van der Waals surface area contributed by atoms with Gasteiger partial charge in [-0.3, -0.25) is 4.79 Å². The lowest BCUT2D eigenvalue weighted by molar-refractivity contribution is 0.0955. The Morgan fingerprint density at radius 1 is 1.36 bits per heavy atom.